The minimum atomic E-state index is -4.04. The van der Waals surface area contributed by atoms with Crippen LogP contribution in [0.2, 0.25) is 0 Å². The smallest absolute Gasteiger partial charge is 0.338 e. The van der Waals surface area contributed by atoms with Crippen LogP contribution < -0.4 is 10.0 Å². The second kappa shape index (κ2) is 11.9. The summed E-state index contributed by atoms with van der Waals surface area (Å²) in [5.74, 6) is -1.27. The van der Waals surface area contributed by atoms with Crippen molar-refractivity contribution in [3.8, 4) is 0 Å². The Bertz CT molecular complexity index is 1550. The van der Waals surface area contributed by atoms with Crippen LogP contribution in [0.25, 0.3) is 10.8 Å². The molecule has 9 heteroatoms. The third-order valence-electron chi connectivity index (χ3n) is 5.87. The van der Waals surface area contributed by atoms with Gasteiger partial charge in [-0.1, -0.05) is 60.7 Å². The van der Waals surface area contributed by atoms with Crippen LogP contribution in [0.5, 0.6) is 0 Å². The van der Waals surface area contributed by atoms with E-state index in [1.807, 2.05) is 54.6 Å². The molecule has 0 heterocycles. The van der Waals surface area contributed by atoms with Gasteiger partial charge in [-0.2, -0.15) is 0 Å². The highest BCUT2D eigenvalue weighted by molar-refractivity contribution is 7.92. The fourth-order valence-electron chi connectivity index (χ4n) is 4.03. The lowest BCUT2D eigenvalue weighted by molar-refractivity contribution is 0.0526. The van der Waals surface area contributed by atoms with Gasteiger partial charge in [0.25, 0.3) is 15.9 Å². The van der Waals surface area contributed by atoms with E-state index in [4.69, 9.17) is 4.74 Å². The topological polar surface area (TPSA) is 122 Å². The summed E-state index contributed by atoms with van der Waals surface area (Å²) in [5.41, 5.74) is 1.01. The second-order valence-corrected chi connectivity index (χ2v) is 10.4. The van der Waals surface area contributed by atoms with E-state index in [1.165, 1.54) is 24.3 Å². The second-order valence-electron chi connectivity index (χ2n) is 8.68. The molecule has 0 aliphatic carbocycles. The van der Waals surface area contributed by atoms with Crippen LogP contribution >= 0.6 is 0 Å². The molecule has 38 heavy (non-hydrogen) atoms. The number of carbonyl (C=O) groups excluding carboxylic acids is 2. The van der Waals surface area contributed by atoms with Gasteiger partial charge in [0.05, 0.1) is 35.4 Å². The van der Waals surface area contributed by atoms with Gasteiger partial charge in [-0.15, -0.1) is 0 Å². The van der Waals surface area contributed by atoms with Crippen LogP contribution in [0.3, 0.4) is 0 Å². The fraction of sp³-hybridized carbons (Fsp3) is 0.172. The van der Waals surface area contributed by atoms with Crippen LogP contribution in [-0.4, -0.2) is 44.7 Å². The number of rotatable bonds is 10. The third-order valence-corrected chi connectivity index (χ3v) is 7.25. The summed E-state index contributed by atoms with van der Waals surface area (Å²) < 4.78 is 33.9. The van der Waals surface area contributed by atoms with Crippen LogP contribution in [0.15, 0.2) is 95.9 Å². The van der Waals surface area contributed by atoms with E-state index in [-0.39, 0.29) is 34.9 Å². The molecule has 4 aromatic rings. The van der Waals surface area contributed by atoms with Gasteiger partial charge in [-0.25, -0.2) is 13.2 Å². The number of hydrogen-bond acceptors (Lipinski definition) is 6. The molecule has 8 nitrogen and oxygen atoms in total. The quantitative estimate of drug-likeness (QED) is 0.264. The van der Waals surface area contributed by atoms with E-state index in [9.17, 15) is 23.1 Å². The molecule has 0 saturated carbocycles. The molecule has 4 rings (SSSR count). The van der Waals surface area contributed by atoms with Crippen LogP contribution in [0, 0.1) is 0 Å². The number of carbonyl (C=O) groups is 2. The van der Waals surface area contributed by atoms with E-state index in [0.29, 0.717) is 6.42 Å². The first kappa shape index (κ1) is 26.8. The van der Waals surface area contributed by atoms with E-state index in [0.717, 1.165) is 16.3 Å². The number of sulfonamides is 1. The Balaban J connectivity index is 1.62. The first-order valence-electron chi connectivity index (χ1n) is 12.1. The maximum Gasteiger partial charge on any atom is 0.338 e. The van der Waals surface area contributed by atoms with Crippen LogP contribution in [-0.2, 0) is 21.2 Å². The standard InChI is InChI=1S/C29H28N2O6S/c1-2-37-29(34)24-15-23(28(33)30-26(19-32)14-20-8-4-3-5-9-20)16-25(17-24)31-38(35,36)27-13-12-21-10-6-7-11-22(21)18-27/h3-13,15-18,26,31-32H,2,14,19H2,1H3,(H,30,33). The number of esters is 1. The van der Waals surface area contributed by atoms with Crippen molar-refractivity contribution in [3.63, 3.8) is 0 Å². The molecule has 0 fully saturated rings. The molecular formula is C29H28N2O6S. The van der Waals surface area contributed by atoms with Crippen molar-refractivity contribution in [2.45, 2.75) is 24.3 Å². The molecule has 1 amide bonds. The van der Waals surface area contributed by atoms with Gasteiger partial charge in [0.15, 0.2) is 0 Å². The number of fused-ring (bicyclic) bond motifs is 1. The van der Waals surface area contributed by atoms with Gasteiger partial charge in [0.1, 0.15) is 0 Å². The highest BCUT2D eigenvalue weighted by atomic mass is 32.2. The average Bonchev–Trinajstić information content (AvgIpc) is 2.92. The Labute approximate surface area is 221 Å². The summed E-state index contributed by atoms with van der Waals surface area (Å²) in [6.07, 6.45) is 0.391. The number of ether oxygens (including phenoxy) is 1. The summed E-state index contributed by atoms with van der Waals surface area (Å²) in [7, 11) is -4.04. The molecule has 0 aromatic heterocycles. The third kappa shape index (κ3) is 6.56. The summed E-state index contributed by atoms with van der Waals surface area (Å²) in [6.45, 7) is 1.45. The Morgan fingerprint density at radius 3 is 2.26 bits per heavy atom. The van der Waals surface area contributed by atoms with Crippen LogP contribution in [0.4, 0.5) is 5.69 Å². The Hall–Kier alpha value is -4.21. The minimum absolute atomic E-state index is 0.0133. The molecule has 0 bridgehead atoms. The molecule has 0 radical (unpaired) electrons. The lowest BCUT2D eigenvalue weighted by atomic mass is 10.0. The van der Waals surface area contributed by atoms with Crippen molar-refractivity contribution >= 4 is 38.4 Å². The highest BCUT2D eigenvalue weighted by Crippen LogP contribution is 2.23. The lowest BCUT2D eigenvalue weighted by Gasteiger charge is -2.17. The summed E-state index contributed by atoms with van der Waals surface area (Å²) in [5, 5.41) is 14.2. The maximum absolute atomic E-state index is 13.2. The molecular weight excluding hydrogens is 504 g/mol. The zero-order valence-electron chi connectivity index (χ0n) is 20.8. The fourth-order valence-corrected chi connectivity index (χ4v) is 5.10. The van der Waals surface area contributed by atoms with Crippen molar-refractivity contribution < 1.29 is 27.9 Å². The largest absolute Gasteiger partial charge is 0.462 e. The average molecular weight is 533 g/mol. The van der Waals surface area contributed by atoms with Crippen molar-refractivity contribution in [2.24, 2.45) is 0 Å². The van der Waals surface area contributed by atoms with Gasteiger partial charge < -0.3 is 15.2 Å². The minimum Gasteiger partial charge on any atom is -0.462 e. The molecule has 3 N–H and O–H groups in total. The van der Waals surface area contributed by atoms with Gasteiger partial charge in [-0.05, 0) is 60.0 Å². The van der Waals surface area contributed by atoms with E-state index < -0.39 is 27.9 Å². The van der Waals surface area contributed by atoms with Gasteiger partial charge in [-0.3, -0.25) is 9.52 Å². The molecule has 1 unspecified atom stereocenters. The lowest BCUT2D eigenvalue weighted by Crippen LogP contribution is -2.39. The number of benzene rings is 4. The molecule has 0 saturated heterocycles. The Morgan fingerprint density at radius 2 is 1.55 bits per heavy atom. The Morgan fingerprint density at radius 1 is 0.868 bits per heavy atom. The predicted molar refractivity (Wildman–Crippen MR) is 146 cm³/mol. The number of anilines is 1. The normalized spacial score (nSPS) is 12.1. The molecule has 1 atom stereocenters. The highest BCUT2D eigenvalue weighted by Gasteiger charge is 2.20. The number of nitrogens with one attached hydrogen (secondary N) is 2. The summed E-state index contributed by atoms with van der Waals surface area (Å²) in [4.78, 5) is 25.7. The van der Waals surface area contributed by atoms with Crippen LogP contribution in [0.1, 0.15) is 33.2 Å². The Kier molecular flexibility index (Phi) is 8.40. The zero-order valence-corrected chi connectivity index (χ0v) is 21.6. The molecule has 4 aromatic carbocycles. The molecule has 196 valence electrons. The van der Waals surface area contributed by atoms with Gasteiger partial charge in [0, 0.05) is 5.56 Å². The number of amides is 1. The maximum atomic E-state index is 13.2. The monoisotopic (exact) mass is 532 g/mol. The van der Waals surface area contributed by atoms with Crippen molar-refractivity contribution in [2.75, 3.05) is 17.9 Å². The van der Waals surface area contributed by atoms with Gasteiger partial charge >= 0.3 is 5.97 Å². The van der Waals surface area contributed by atoms with E-state index in [1.54, 1.807) is 19.1 Å². The van der Waals surface area contributed by atoms with Gasteiger partial charge in [0.2, 0.25) is 0 Å². The number of hydrogen-bond donors (Lipinski definition) is 3. The summed E-state index contributed by atoms with van der Waals surface area (Å²) in [6, 6.07) is 24.9. The van der Waals surface area contributed by atoms with Crippen molar-refractivity contribution in [3.05, 3.63) is 108 Å². The van der Waals surface area contributed by atoms with E-state index >= 15 is 0 Å². The number of aliphatic hydroxyl groups is 1. The molecule has 0 aliphatic rings. The first-order valence-corrected chi connectivity index (χ1v) is 13.6. The zero-order chi connectivity index (χ0) is 27.1. The number of aliphatic hydroxyl groups excluding tert-OH is 1. The molecule has 0 aliphatic heterocycles. The molecule has 0 spiro atoms. The summed E-state index contributed by atoms with van der Waals surface area (Å²) >= 11 is 0. The van der Waals surface area contributed by atoms with E-state index in [2.05, 4.69) is 10.0 Å². The SMILES string of the molecule is CCOC(=O)c1cc(NS(=O)(=O)c2ccc3ccccc3c2)cc(C(=O)NC(CO)Cc2ccccc2)c1. The first-order chi connectivity index (χ1) is 18.3. The van der Waals surface area contributed by atoms with Crippen molar-refractivity contribution in [1.29, 1.82) is 0 Å². The predicted octanol–water partition coefficient (Wildman–Crippen LogP) is 4.15. The van der Waals surface area contributed by atoms with Crippen molar-refractivity contribution in [1.82, 2.24) is 5.32 Å².